The lowest BCUT2D eigenvalue weighted by atomic mass is 9.99. The Morgan fingerprint density at radius 3 is 2.57 bits per heavy atom. The molecule has 0 saturated carbocycles. The number of aliphatic hydroxyl groups excluding tert-OH is 2. The monoisotopic (exact) mass is 342 g/mol. The van der Waals surface area contributed by atoms with Crippen molar-refractivity contribution in [2.24, 2.45) is 0 Å². The van der Waals surface area contributed by atoms with E-state index < -0.39 is 30.0 Å². The van der Waals surface area contributed by atoms with Crippen LogP contribution in [-0.4, -0.2) is 59.5 Å². The molecule has 7 heteroatoms. The predicted molar refractivity (Wildman–Crippen MR) is 85.4 cm³/mol. The highest BCUT2D eigenvalue weighted by atomic mass is 32.2. The molecule has 2 saturated heterocycles. The van der Waals surface area contributed by atoms with Crippen LogP contribution in [0, 0.1) is 0 Å². The summed E-state index contributed by atoms with van der Waals surface area (Å²) < 4.78 is 22.5. The molecular weight excluding hydrogens is 320 g/mol. The minimum atomic E-state index is -0.998. The van der Waals surface area contributed by atoms with E-state index in [0.29, 0.717) is 6.61 Å². The summed E-state index contributed by atoms with van der Waals surface area (Å²) in [7, 11) is 1.61. The third kappa shape index (κ3) is 3.50. The fourth-order valence-corrected chi connectivity index (χ4v) is 3.72. The second kappa shape index (κ2) is 7.38. The summed E-state index contributed by atoms with van der Waals surface area (Å²) in [5, 5.41) is 20.6. The molecule has 2 N–H and O–H groups in total. The number of benzene rings is 1. The summed E-state index contributed by atoms with van der Waals surface area (Å²) in [5.74, 6) is 1.54. The third-order valence-corrected chi connectivity index (χ3v) is 5.10. The van der Waals surface area contributed by atoms with Crippen LogP contribution >= 0.6 is 11.8 Å². The molecule has 3 rings (SSSR count). The molecule has 1 aromatic rings. The lowest BCUT2D eigenvalue weighted by molar-refractivity contribution is -0.318. The van der Waals surface area contributed by atoms with Crippen molar-refractivity contribution in [1.82, 2.24) is 0 Å². The zero-order valence-corrected chi connectivity index (χ0v) is 13.9. The van der Waals surface area contributed by atoms with Crippen molar-refractivity contribution >= 4 is 11.8 Å². The second-order valence-corrected chi connectivity index (χ2v) is 6.89. The van der Waals surface area contributed by atoms with Gasteiger partial charge in [0, 0.05) is 5.56 Å². The maximum atomic E-state index is 10.4. The lowest BCUT2D eigenvalue weighted by Gasteiger charge is -2.46. The van der Waals surface area contributed by atoms with Crippen molar-refractivity contribution in [3.8, 4) is 5.75 Å². The van der Waals surface area contributed by atoms with Crippen LogP contribution in [0.4, 0.5) is 0 Å². The smallest absolute Gasteiger partial charge is 0.184 e. The molecule has 1 aromatic carbocycles. The van der Waals surface area contributed by atoms with Crippen molar-refractivity contribution in [3.05, 3.63) is 29.8 Å². The number of methoxy groups -OCH3 is 1. The summed E-state index contributed by atoms with van der Waals surface area (Å²) >= 11 is 1.46. The highest BCUT2D eigenvalue weighted by Gasteiger charge is 2.48. The number of hydrogen-bond acceptors (Lipinski definition) is 7. The molecular formula is C16H22O6S. The van der Waals surface area contributed by atoms with E-state index in [-0.39, 0.29) is 6.10 Å². The molecule has 6 atom stereocenters. The van der Waals surface area contributed by atoms with E-state index in [9.17, 15) is 10.2 Å². The summed E-state index contributed by atoms with van der Waals surface area (Å²) in [6.07, 6.45) is -3.56. The van der Waals surface area contributed by atoms with Crippen molar-refractivity contribution in [2.75, 3.05) is 19.5 Å². The third-order valence-electron chi connectivity index (χ3n) is 4.05. The van der Waals surface area contributed by atoms with Crippen molar-refractivity contribution in [1.29, 1.82) is 0 Å². The number of ether oxygens (including phenoxy) is 4. The van der Waals surface area contributed by atoms with Crippen LogP contribution < -0.4 is 4.74 Å². The lowest BCUT2D eigenvalue weighted by Crippen LogP contribution is -2.60. The fourth-order valence-electron chi connectivity index (χ4n) is 2.81. The molecule has 6 nitrogen and oxygen atoms in total. The van der Waals surface area contributed by atoms with Gasteiger partial charge in [-0.25, -0.2) is 0 Å². The van der Waals surface area contributed by atoms with E-state index in [1.807, 2.05) is 31.2 Å². The Labute approximate surface area is 139 Å². The highest BCUT2D eigenvalue weighted by Crippen LogP contribution is 2.36. The van der Waals surface area contributed by atoms with E-state index in [4.69, 9.17) is 18.9 Å². The van der Waals surface area contributed by atoms with E-state index >= 15 is 0 Å². The molecule has 0 aromatic heterocycles. The first kappa shape index (κ1) is 17.0. The zero-order chi connectivity index (χ0) is 16.4. The van der Waals surface area contributed by atoms with Crippen molar-refractivity contribution in [2.45, 2.75) is 43.1 Å². The summed E-state index contributed by atoms with van der Waals surface area (Å²) in [4.78, 5) is 0. The van der Waals surface area contributed by atoms with E-state index in [0.717, 1.165) is 17.1 Å². The number of hydrogen-bond donors (Lipinski definition) is 2. The van der Waals surface area contributed by atoms with Gasteiger partial charge in [0.15, 0.2) is 6.29 Å². The van der Waals surface area contributed by atoms with E-state index in [1.165, 1.54) is 11.8 Å². The quantitative estimate of drug-likeness (QED) is 0.854. The Morgan fingerprint density at radius 2 is 1.91 bits per heavy atom. The molecule has 23 heavy (non-hydrogen) atoms. The first-order valence-electron chi connectivity index (χ1n) is 7.68. The Kier molecular flexibility index (Phi) is 5.45. The largest absolute Gasteiger partial charge is 0.497 e. The minimum Gasteiger partial charge on any atom is -0.497 e. The van der Waals surface area contributed by atoms with Crippen LogP contribution in [0.2, 0.25) is 0 Å². The average molecular weight is 342 g/mol. The van der Waals surface area contributed by atoms with Gasteiger partial charge in [-0.15, -0.1) is 11.8 Å². The summed E-state index contributed by atoms with van der Waals surface area (Å²) in [6, 6.07) is 7.35. The van der Waals surface area contributed by atoms with Gasteiger partial charge >= 0.3 is 0 Å². The van der Waals surface area contributed by atoms with E-state index in [2.05, 4.69) is 0 Å². The van der Waals surface area contributed by atoms with Crippen LogP contribution in [0.25, 0.3) is 0 Å². The normalized spacial score (nSPS) is 37.2. The van der Waals surface area contributed by atoms with Crippen LogP contribution in [0.15, 0.2) is 24.3 Å². The highest BCUT2D eigenvalue weighted by molar-refractivity contribution is 7.99. The number of aliphatic hydroxyl groups is 2. The molecule has 0 amide bonds. The Balaban J connectivity index is 1.69. The summed E-state index contributed by atoms with van der Waals surface area (Å²) in [5.41, 5.74) is 0.372. The van der Waals surface area contributed by atoms with Gasteiger partial charge < -0.3 is 29.2 Å². The number of fused-ring (bicyclic) bond motifs is 1. The molecule has 2 aliphatic rings. The summed E-state index contributed by atoms with van der Waals surface area (Å²) in [6.45, 7) is 2.29. The first-order chi connectivity index (χ1) is 11.1. The van der Waals surface area contributed by atoms with Crippen LogP contribution in [0.1, 0.15) is 18.8 Å². The maximum absolute atomic E-state index is 10.4. The van der Waals surface area contributed by atoms with Gasteiger partial charge in [-0.1, -0.05) is 19.1 Å². The molecule has 0 radical (unpaired) electrons. The number of rotatable bonds is 4. The fraction of sp³-hybridized carbons (Fsp3) is 0.625. The van der Waals surface area contributed by atoms with Gasteiger partial charge in [0.2, 0.25) is 0 Å². The van der Waals surface area contributed by atoms with Crippen LogP contribution in [-0.2, 0) is 14.2 Å². The molecule has 2 aliphatic heterocycles. The van der Waals surface area contributed by atoms with Crippen LogP contribution in [0.3, 0.4) is 0 Å². The number of thioether (sulfide) groups is 1. The zero-order valence-electron chi connectivity index (χ0n) is 13.1. The molecule has 128 valence electrons. The van der Waals surface area contributed by atoms with Gasteiger partial charge in [-0.3, -0.25) is 0 Å². The Bertz CT molecular complexity index is 508. The van der Waals surface area contributed by atoms with Gasteiger partial charge in [0.25, 0.3) is 0 Å². The topological polar surface area (TPSA) is 77.4 Å². The van der Waals surface area contributed by atoms with Crippen molar-refractivity contribution in [3.63, 3.8) is 0 Å². The predicted octanol–water partition coefficient (Wildman–Crippen LogP) is 1.31. The molecule has 0 bridgehead atoms. The standard InChI is InChI=1S/C16H22O6S/c1-3-23-16-13(18)12(17)14-11(21-16)8-20-15(22-14)9-4-6-10(19-2)7-5-9/h4-7,11-18H,3,8H2,1-2H3/t11-,12?,13?,14+,15?,16+/m1/s1. The van der Waals surface area contributed by atoms with Crippen LogP contribution in [0.5, 0.6) is 5.75 Å². The molecule has 3 unspecified atom stereocenters. The molecule has 0 spiro atoms. The SMILES string of the molecule is CCS[C@@H]1O[C@@H]2COC(c3ccc(OC)cc3)O[C@@H]2C(O)C1O. The second-order valence-electron chi connectivity index (χ2n) is 5.52. The molecule has 0 aliphatic carbocycles. The van der Waals surface area contributed by atoms with Gasteiger partial charge in [0.05, 0.1) is 13.7 Å². The maximum Gasteiger partial charge on any atom is 0.184 e. The Morgan fingerprint density at radius 1 is 1.17 bits per heavy atom. The first-order valence-corrected chi connectivity index (χ1v) is 8.73. The minimum absolute atomic E-state index is 0.311. The molecule has 2 fully saturated rings. The van der Waals surface area contributed by atoms with Crippen molar-refractivity contribution < 1.29 is 29.2 Å². The van der Waals surface area contributed by atoms with E-state index in [1.54, 1.807) is 7.11 Å². The Hall–Kier alpha value is -0.830. The average Bonchev–Trinajstić information content (AvgIpc) is 2.59. The van der Waals surface area contributed by atoms with Gasteiger partial charge in [-0.05, 0) is 17.9 Å². The van der Waals surface area contributed by atoms with Gasteiger partial charge in [-0.2, -0.15) is 0 Å². The molecule has 2 heterocycles. The van der Waals surface area contributed by atoms with Gasteiger partial charge in [0.1, 0.15) is 35.6 Å².